The lowest BCUT2D eigenvalue weighted by Gasteiger charge is -2.12. The van der Waals surface area contributed by atoms with Crippen LogP contribution in [0.2, 0.25) is 0 Å². The molecule has 0 aliphatic rings. The van der Waals surface area contributed by atoms with Crippen molar-refractivity contribution in [1.82, 2.24) is 24.1 Å². The van der Waals surface area contributed by atoms with Gasteiger partial charge in [-0.2, -0.15) is 5.26 Å². The molecule has 0 unspecified atom stereocenters. The second-order valence-electron chi connectivity index (χ2n) is 14.7. The van der Waals surface area contributed by atoms with Gasteiger partial charge in [-0.1, -0.05) is 121 Å². The van der Waals surface area contributed by atoms with Crippen molar-refractivity contribution < 1.29 is 4.42 Å². The van der Waals surface area contributed by atoms with E-state index in [2.05, 4.69) is 106 Å². The fourth-order valence-electron chi connectivity index (χ4n) is 8.83. The summed E-state index contributed by atoms with van der Waals surface area (Å²) in [4.78, 5) is 14.8. The largest absolute Gasteiger partial charge is 0.454 e. The summed E-state index contributed by atoms with van der Waals surface area (Å²) in [6.07, 6.45) is 0. The summed E-state index contributed by atoms with van der Waals surface area (Å²) in [5, 5.41) is 17.4. The van der Waals surface area contributed by atoms with E-state index in [9.17, 15) is 5.26 Å². The SMILES string of the molecule is N#Cc1cc(-c2nc(-c3ccccc3)nc(-c3ccccc3)n2)ccc1-n1c2ccccc2c2ccc3c(oc4ccc5c(c6ccccc6n5-c5ccccc5)c43)c21. The third-order valence-corrected chi connectivity index (χ3v) is 11.4. The van der Waals surface area contributed by atoms with Crippen molar-refractivity contribution in [3.63, 3.8) is 0 Å². The minimum absolute atomic E-state index is 0.481. The van der Waals surface area contributed by atoms with E-state index in [0.29, 0.717) is 28.6 Å². The standard InChI is InChI=1S/C52H30N6O/c53-31-35-30-34(52-55-50(32-14-4-1-5-15-32)54-51(56-52)33-16-6-2-7-17-33)24-27-41(35)58-42-22-12-10-20-37(42)38-25-26-40-47-45(59-49(40)48(38)58)29-28-44-46(47)39-21-11-13-23-43(39)57(44)36-18-8-3-9-19-36/h1-30H. The van der Waals surface area contributed by atoms with Gasteiger partial charge < -0.3 is 13.6 Å². The molecule has 59 heavy (non-hydrogen) atoms. The van der Waals surface area contributed by atoms with Crippen LogP contribution in [0, 0.1) is 11.3 Å². The van der Waals surface area contributed by atoms with Crippen LogP contribution in [-0.2, 0) is 0 Å². The number of benzene rings is 8. The second-order valence-corrected chi connectivity index (χ2v) is 14.7. The highest BCUT2D eigenvalue weighted by Crippen LogP contribution is 2.45. The van der Waals surface area contributed by atoms with Crippen molar-refractivity contribution in [3.05, 3.63) is 188 Å². The van der Waals surface area contributed by atoms with Crippen molar-refractivity contribution in [2.75, 3.05) is 0 Å². The Labute approximate surface area is 337 Å². The first-order valence-corrected chi connectivity index (χ1v) is 19.5. The highest BCUT2D eigenvalue weighted by molar-refractivity contribution is 6.30. The van der Waals surface area contributed by atoms with Crippen LogP contribution in [0.5, 0.6) is 0 Å². The summed E-state index contributed by atoms with van der Waals surface area (Å²) in [5.74, 6) is 1.61. The molecule has 12 aromatic rings. The van der Waals surface area contributed by atoms with E-state index in [1.54, 1.807) is 0 Å². The fraction of sp³-hybridized carbons (Fsp3) is 0. The van der Waals surface area contributed by atoms with E-state index in [0.717, 1.165) is 88.1 Å². The van der Waals surface area contributed by atoms with Crippen LogP contribution in [0.25, 0.3) is 111 Å². The molecule has 274 valence electrons. The van der Waals surface area contributed by atoms with Gasteiger partial charge in [-0.25, -0.2) is 15.0 Å². The molecular formula is C52H30N6O. The van der Waals surface area contributed by atoms with Crippen molar-refractivity contribution in [2.45, 2.75) is 0 Å². The molecule has 7 heteroatoms. The zero-order valence-electron chi connectivity index (χ0n) is 31.4. The number of furan rings is 1. The maximum Gasteiger partial charge on any atom is 0.164 e. The lowest BCUT2D eigenvalue weighted by Crippen LogP contribution is -2.02. The molecule has 12 rings (SSSR count). The number of nitriles is 1. The number of fused-ring (bicyclic) bond motifs is 11. The van der Waals surface area contributed by atoms with Crippen LogP contribution in [0.1, 0.15) is 5.56 Å². The van der Waals surface area contributed by atoms with Gasteiger partial charge in [-0.3, -0.25) is 0 Å². The summed E-state index contributed by atoms with van der Waals surface area (Å²) in [6, 6.07) is 64.3. The monoisotopic (exact) mass is 754 g/mol. The fourth-order valence-corrected chi connectivity index (χ4v) is 8.83. The number of nitrogens with zero attached hydrogens (tertiary/aromatic N) is 6. The molecule has 0 atom stereocenters. The molecule has 0 aliphatic heterocycles. The minimum Gasteiger partial charge on any atom is -0.454 e. The third kappa shape index (κ3) is 4.97. The molecule has 4 aromatic heterocycles. The van der Waals surface area contributed by atoms with Crippen molar-refractivity contribution in [1.29, 1.82) is 5.26 Å². The summed E-state index contributed by atoms with van der Waals surface area (Å²) in [6.45, 7) is 0. The summed E-state index contributed by atoms with van der Waals surface area (Å²) >= 11 is 0. The lowest BCUT2D eigenvalue weighted by atomic mass is 10.0. The summed E-state index contributed by atoms with van der Waals surface area (Å²) in [5.41, 5.74) is 10.5. The van der Waals surface area contributed by atoms with Gasteiger partial charge in [0.15, 0.2) is 23.1 Å². The van der Waals surface area contributed by atoms with Gasteiger partial charge in [0, 0.05) is 54.7 Å². The molecule has 0 saturated carbocycles. The molecule has 0 amide bonds. The van der Waals surface area contributed by atoms with E-state index in [1.165, 1.54) is 0 Å². The zero-order valence-corrected chi connectivity index (χ0v) is 31.4. The Morgan fingerprint density at radius 1 is 0.441 bits per heavy atom. The number of hydrogen-bond acceptors (Lipinski definition) is 5. The maximum absolute atomic E-state index is 10.9. The molecule has 0 spiro atoms. The Morgan fingerprint density at radius 3 is 1.69 bits per heavy atom. The van der Waals surface area contributed by atoms with E-state index in [-0.39, 0.29) is 0 Å². The van der Waals surface area contributed by atoms with Crippen molar-refractivity contribution in [3.8, 4) is 51.6 Å². The van der Waals surface area contributed by atoms with Gasteiger partial charge in [0.25, 0.3) is 0 Å². The number of hydrogen-bond donors (Lipinski definition) is 0. The Balaban J connectivity index is 1.11. The van der Waals surface area contributed by atoms with E-state index >= 15 is 0 Å². The van der Waals surface area contributed by atoms with Gasteiger partial charge in [-0.15, -0.1) is 0 Å². The average Bonchev–Trinajstić information content (AvgIpc) is 3.97. The van der Waals surface area contributed by atoms with E-state index < -0.39 is 0 Å². The quantitative estimate of drug-likeness (QED) is 0.175. The first kappa shape index (κ1) is 32.9. The molecule has 7 nitrogen and oxygen atoms in total. The predicted octanol–water partition coefficient (Wildman–Crippen LogP) is 12.8. The zero-order chi connectivity index (χ0) is 39.0. The molecule has 0 fully saturated rings. The highest BCUT2D eigenvalue weighted by Gasteiger charge is 2.24. The van der Waals surface area contributed by atoms with Gasteiger partial charge in [0.1, 0.15) is 11.7 Å². The van der Waals surface area contributed by atoms with Crippen LogP contribution in [0.15, 0.2) is 186 Å². The molecule has 0 N–H and O–H groups in total. The Kier molecular flexibility index (Phi) is 7.16. The molecule has 0 saturated heterocycles. The minimum atomic E-state index is 0.481. The molecule has 8 aromatic carbocycles. The van der Waals surface area contributed by atoms with Crippen LogP contribution < -0.4 is 0 Å². The molecule has 0 bridgehead atoms. The first-order chi connectivity index (χ1) is 29.2. The van der Waals surface area contributed by atoms with Gasteiger partial charge in [-0.05, 0) is 60.7 Å². The Bertz CT molecular complexity index is 3610. The molecule has 0 aliphatic carbocycles. The highest BCUT2D eigenvalue weighted by atomic mass is 16.3. The normalized spacial score (nSPS) is 11.7. The second kappa shape index (κ2) is 12.8. The number of aromatic nitrogens is 5. The third-order valence-electron chi connectivity index (χ3n) is 11.4. The smallest absolute Gasteiger partial charge is 0.164 e. The van der Waals surface area contributed by atoms with Gasteiger partial charge >= 0.3 is 0 Å². The average molecular weight is 755 g/mol. The molecule has 0 radical (unpaired) electrons. The van der Waals surface area contributed by atoms with Crippen LogP contribution in [0.3, 0.4) is 0 Å². The van der Waals surface area contributed by atoms with E-state index in [4.69, 9.17) is 19.4 Å². The topological polar surface area (TPSA) is 85.5 Å². The van der Waals surface area contributed by atoms with Gasteiger partial charge in [0.05, 0.1) is 33.3 Å². The van der Waals surface area contributed by atoms with Crippen LogP contribution in [-0.4, -0.2) is 24.1 Å². The number of para-hydroxylation sites is 3. The lowest BCUT2D eigenvalue weighted by molar-refractivity contribution is 0.671. The van der Waals surface area contributed by atoms with Crippen molar-refractivity contribution >= 4 is 65.6 Å². The summed E-state index contributed by atoms with van der Waals surface area (Å²) in [7, 11) is 0. The van der Waals surface area contributed by atoms with Crippen LogP contribution >= 0.6 is 0 Å². The first-order valence-electron chi connectivity index (χ1n) is 19.5. The Hall–Kier alpha value is -8.34. The van der Waals surface area contributed by atoms with Gasteiger partial charge in [0.2, 0.25) is 0 Å². The van der Waals surface area contributed by atoms with Crippen molar-refractivity contribution in [2.24, 2.45) is 0 Å². The van der Waals surface area contributed by atoms with E-state index in [1.807, 2.05) is 91.0 Å². The Morgan fingerprint density at radius 2 is 1.02 bits per heavy atom. The maximum atomic E-state index is 10.9. The van der Waals surface area contributed by atoms with Crippen LogP contribution in [0.4, 0.5) is 0 Å². The predicted molar refractivity (Wildman–Crippen MR) is 237 cm³/mol. The molecular weight excluding hydrogens is 725 g/mol. The summed E-state index contributed by atoms with van der Waals surface area (Å²) < 4.78 is 11.5. The number of rotatable bonds is 5. The molecule has 4 heterocycles.